The topological polar surface area (TPSA) is 58.6 Å². The number of hydrogen-bond acceptors (Lipinski definition) is 3. The summed E-state index contributed by atoms with van der Waals surface area (Å²) < 4.78 is 5.74. The van der Waals surface area contributed by atoms with Crippen molar-refractivity contribution in [1.82, 2.24) is 10.2 Å². The first-order valence-electron chi connectivity index (χ1n) is 8.68. The lowest BCUT2D eigenvalue weighted by molar-refractivity contribution is -0.142. The lowest BCUT2D eigenvalue weighted by Crippen LogP contribution is -2.48. The molecule has 0 aromatic heterocycles. The molecule has 2 amide bonds. The maximum Gasteiger partial charge on any atom is 0.261 e. The van der Waals surface area contributed by atoms with Crippen LogP contribution in [0.1, 0.15) is 23.6 Å². The van der Waals surface area contributed by atoms with Gasteiger partial charge in [0.15, 0.2) is 6.61 Å². The fourth-order valence-corrected chi connectivity index (χ4v) is 2.67. The van der Waals surface area contributed by atoms with Crippen molar-refractivity contribution in [3.05, 3.63) is 65.2 Å². The Bertz CT molecular complexity index is 759. The van der Waals surface area contributed by atoms with E-state index in [0.717, 1.165) is 16.7 Å². The van der Waals surface area contributed by atoms with Crippen molar-refractivity contribution in [2.24, 2.45) is 0 Å². The molecule has 2 aromatic rings. The predicted octanol–water partition coefficient (Wildman–Crippen LogP) is 2.85. The molecule has 5 heteroatoms. The molecule has 1 atom stereocenters. The van der Waals surface area contributed by atoms with Crippen LogP contribution in [-0.4, -0.2) is 36.4 Å². The summed E-state index contributed by atoms with van der Waals surface area (Å²) >= 11 is 0. The Morgan fingerprint density at radius 3 is 2.42 bits per heavy atom. The van der Waals surface area contributed by atoms with Gasteiger partial charge < -0.3 is 15.0 Å². The van der Waals surface area contributed by atoms with E-state index in [4.69, 9.17) is 4.74 Å². The summed E-state index contributed by atoms with van der Waals surface area (Å²) in [7, 11) is 1.57. The zero-order valence-electron chi connectivity index (χ0n) is 15.8. The zero-order valence-corrected chi connectivity index (χ0v) is 15.8. The van der Waals surface area contributed by atoms with E-state index in [1.807, 2.05) is 62.4 Å². The standard InChI is InChI=1S/C21H26N2O3/c1-15-9-8-12-19(16(15)2)26-14-20(24)23(17(3)21(25)22-4)13-18-10-6-5-7-11-18/h5-12,17H,13-14H2,1-4H3,(H,22,25). The van der Waals surface area contributed by atoms with Crippen LogP contribution in [0.2, 0.25) is 0 Å². The minimum atomic E-state index is -0.588. The monoisotopic (exact) mass is 354 g/mol. The number of nitrogens with zero attached hydrogens (tertiary/aromatic N) is 1. The van der Waals surface area contributed by atoms with E-state index < -0.39 is 6.04 Å². The molecule has 1 unspecified atom stereocenters. The summed E-state index contributed by atoms with van der Waals surface area (Å²) in [4.78, 5) is 26.4. The quantitative estimate of drug-likeness (QED) is 0.832. The Hall–Kier alpha value is -2.82. The molecular weight excluding hydrogens is 328 g/mol. The number of nitrogens with one attached hydrogen (secondary N) is 1. The summed E-state index contributed by atoms with van der Waals surface area (Å²) in [6.45, 7) is 5.92. The number of hydrogen-bond donors (Lipinski definition) is 1. The molecule has 0 aliphatic rings. The normalized spacial score (nSPS) is 11.5. The van der Waals surface area contributed by atoms with Gasteiger partial charge in [-0.15, -0.1) is 0 Å². The van der Waals surface area contributed by atoms with Crippen molar-refractivity contribution in [3.8, 4) is 5.75 Å². The average Bonchev–Trinajstić information content (AvgIpc) is 2.66. The van der Waals surface area contributed by atoms with Gasteiger partial charge in [0.25, 0.3) is 5.91 Å². The molecule has 0 saturated heterocycles. The summed E-state index contributed by atoms with van der Waals surface area (Å²) in [6.07, 6.45) is 0. The van der Waals surface area contributed by atoms with Gasteiger partial charge in [-0.05, 0) is 43.5 Å². The zero-order chi connectivity index (χ0) is 19.1. The van der Waals surface area contributed by atoms with Crippen LogP contribution in [0, 0.1) is 13.8 Å². The highest BCUT2D eigenvalue weighted by atomic mass is 16.5. The van der Waals surface area contributed by atoms with Crippen LogP contribution in [0.5, 0.6) is 5.75 Å². The Morgan fingerprint density at radius 2 is 1.77 bits per heavy atom. The summed E-state index contributed by atoms with van der Waals surface area (Å²) in [5, 5.41) is 2.60. The maximum atomic E-state index is 12.8. The maximum absolute atomic E-state index is 12.8. The molecule has 138 valence electrons. The minimum Gasteiger partial charge on any atom is -0.483 e. The SMILES string of the molecule is CNC(=O)C(C)N(Cc1ccccc1)C(=O)COc1cccc(C)c1C. The smallest absolute Gasteiger partial charge is 0.261 e. The summed E-state index contributed by atoms with van der Waals surface area (Å²) in [5.41, 5.74) is 3.08. The van der Waals surface area contributed by atoms with Crippen LogP contribution >= 0.6 is 0 Å². The molecular formula is C21H26N2O3. The van der Waals surface area contributed by atoms with Gasteiger partial charge in [0.1, 0.15) is 11.8 Å². The number of carbonyl (C=O) groups excluding carboxylic acids is 2. The Kier molecular flexibility index (Phi) is 6.78. The number of aryl methyl sites for hydroxylation is 1. The van der Waals surface area contributed by atoms with Gasteiger partial charge in [0.2, 0.25) is 5.91 Å². The van der Waals surface area contributed by atoms with E-state index in [-0.39, 0.29) is 18.4 Å². The molecule has 0 bridgehead atoms. The molecule has 1 N–H and O–H groups in total. The number of amides is 2. The third kappa shape index (κ3) is 4.85. The minimum absolute atomic E-state index is 0.113. The lowest BCUT2D eigenvalue weighted by Gasteiger charge is -2.28. The number of benzene rings is 2. The number of carbonyl (C=O) groups is 2. The van der Waals surface area contributed by atoms with Gasteiger partial charge in [-0.2, -0.15) is 0 Å². The first-order chi connectivity index (χ1) is 12.4. The first kappa shape index (κ1) is 19.5. The fraction of sp³-hybridized carbons (Fsp3) is 0.333. The second-order valence-corrected chi connectivity index (χ2v) is 6.28. The second-order valence-electron chi connectivity index (χ2n) is 6.28. The van der Waals surface area contributed by atoms with E-state index in [1.165, 1.54) is 0 Å². The number of ether oxygens (including phenoxy) is 1. The molecule has 0 aliphatic heterocycles. The number of likely N-dealkylation sites (N-methyl/N-ethyl adjacent to an activating group) is 1. The van der Waals surface area contributed by atoms with Crippen LogP contribution in [0.25, 0.3) is 0 Å². The van der Waals surface area contributed by atoms with Crippen LogP contribution in [0.3, 0.4) is 0 Å². The highest BCUT2D eigenvalue weighted by molar-refractivity contribution is 5.87. The van der Waals surface area contributed by atoms with E-state index in [0.29, 0.717) is 12.3 Å². The Labute approximate surface area is 155 Å². The van der Waals surface area contributed by atoms with E-state index in [9.17, 15) is 9.59 Å². The van der Waals surface area contributed by atoms with Crippen molar-refractivity contribution in [1.29, 1.82) is 0 Å². The molecule has 0 aliphatic carbocycles. The van der Waals surface area contributed by atoms with Crippen LogP contribution in [0.4, 0.5) is 0 Å². The van der Waals surface area contributed by atoms with E-state index >= 15 is 0 Å². The average molecular weight is 354 g/mol. The van der Waals surface area contributed by atoms with Crippen molar-refractivity contribution in [2.75, 3.05) is 13.7 Å². The Balaban J connectivity index is 2.14. The molecule has 0 fully saturated rings. The first-order valence-corrected chi connectivity index (χ1v) is 8.68. The highest BCUT2D eigenvalue weighted by Crippen LogP contribution is 2.21. The van der Waals surface area contributed by atoms with Crippen molar-refractivity contribution < 1.29 is 14.3 Å². The molecule has 0 spiro atoms. The summed E-state index contributed by atoms with van der Waals surface area (Å²) in [5.74, 6) is 0.248. The predicted molar refractivity (Wildman–Crippen MR) is 102 cm³/mol. The van der Waals surface area contributed by atoms with Crippen molar-refractivity contribution in [2.45, 2.75) is 33.4 Å². The van der Waals surface area contributed by atoms with Gasteiger partial charge in [0, 0.05) is 13.6 Å². The molecule has 5 nitrogen and oxygen atoms in total. The molecule has 2 aromatic carbocycles. The number of rotatable bonds is 7. The van der Waals surface area contributed by atoms with Crippen LogP contribution in [-0.2, 0) is 16.1 Å². The largest absolute Gasteiger partial charge is 0.483 e. The highest BCUT2D eigenvalue weighted by Gasteiger charge is 2.25. The summed E-state index contributed by atoms with van der Waals surface area (Å²) in [6, 6.07) is 14.8. The second kappa shape index (κ2) is 9.04. The molecule has 0 saturated carbocycles. The van der Waals surface area contributed by atoms with Crippen LogP contribution < -0.4 is 10.1 Å². The molecule has 2 rings (SSSR count). The van der Waals surface area contributed by atoms with Crippen molar-refractivity contribution >= 4 is 11.8 Å². The van der Waals surface area contributed by atoms with Crippen molar-refractivity contribution in [3.63, 3.8) is 0 Å². The Morgan fingerprint density at radius 1 is 1.08 bits per heavy atom. The third-order valence-corrected chi connectivity index (χ3v) is 4.52. The van der Waals surface area contributed by atoms with Gasteiger partial charge in [-0.3, -0.25) is 9.59 Å². The fourth-order valence-electron chi connectivity index (χ4n) is 2.67. The van der Waals surface area contributed by atoms with Crippen LogP contribution in [0.15, 0.2) is 48.5 Å². The van der Waals surface area contributed by atoms with Gasteiger partial charge in [0.05, 0.1) is 0 Å². The molecule has 26 heavy (non-hydrogen) atoms. The molecule has 0 radical (unpaired) electrons. The van der Waals surface area contributed by atoms with E-state index in [1.54, 1.807) is 18.9 Å². The third-order valence-electron chi connectivity index (χ3n) is 4.52. The van der Waals surface area contributed by atoms with E-state index in [2.05, 4.69) is 5.32 Å². The van der Waals surface area contributed by atoms with Gasteiger partial charge in [-0.1, -0.05) is 42.5 Å². The van der Waals surface area contributed by atoms with Gasteiger partial charge in [-0.25, -0.2) is 0 Å². The van der Waals surface area contributed by atoms with Gasteiger partial charge >= 0.3 is 0 Å². The molecule has 0 heterocycles. The lowest BCUT2D eigenvalue weighted by atomic mass is 10.1.